The molecule has 0 spiro atoms. The number of anilines is 2. The van der Waals surface area contributed by atoms with E-state index in [1.807, 2.05) is 11.4 Å². The van der Waals surface area contributed by atoms with Crippen molar-refractivity contribution >= 4 is 56.8 Å². The summed E-state index contributed by atoms with van der Waals surface area (Å²) in [6.45, 7) is 0. The summed E-state index contributed by atoms with van der Waals surface area (Å²) in [5, 5.41) is 8.93. The third kappa shape index (κ3) is 3.40. The molecule has 1 aliphatic rings. The Labute approximate surface area is 163 Å². The van der Waals surface area contributed by atoms with E-state index >= 15 is 0 Å². The Hall–Kier alpha value is -2.15. The first kappa shape index (κ1) is 17.3. The Morgan fingerprint density at radius 2 is 1.81 bits per heavy atom. The fraction of sp³-hybridized carbons (Fsp3) is 0.158. The summed E-state index contributed by atoms with van der Waals surface area (Å²) >= 11 is 8.78. The molecule has 0 atom stereocenters. The van der Waals surface area contributed by atoms with Gasteiger partial charge >= 0.3 is 0 Å². The molecule has 0 radical (unpaired) electrons. The molecule has 0 saturated carbocycles. The van der Waals surface area contributed by atoms with Crippen LogP contribution in [-0.2, 0) is 12.8 Å². The lowest BCUT2D eigenvalue weighted by atomic mass is 10.1. The second-order valence-corrected chi connectivity index (χ2v) is 8.44. The van der Waals surface area contributed by atoms with Gasteiger partial charge in [0.2, 0.25) is 0 Å². The third-order valence-corrected chi connectivity index (χ3v) is 6.55. The first-order chi connectivity index (χ1) is 12.6. The highest BCUT2D eigenvalue weighted by molar-refractivity contribution is 7.17. The van der Waals surface area contributed by atoms with Crippen LogP contribution in [-0.4, -0.2) is 11.8 Å². The number of rotatable bonds is 4. The molecule has 1 aliphatic carbocycles. The molecule has 2 heterocycles. The van der Waals surface area contributed by atoms with Crippen molar-refractivity contribution in [3.8, 4) is 0 Å². The van der Waals surface area contributed by atoms with Crippen LogP contribution in [0, 0.1) is 0 Å². The maximum Gasteiger partial charge on any atom is 0.266 e. The first-order valence-corrected chi connectivity index (χ1v) is 10.3. The van der Waals surface area contributed by atoms with E-state index in [1.54, 1.807) is 30.3 Å². The minimum absolute atomic E-state index is 0.180. The van der Waals surface area contributed by atoms with Gasteiger partial charge in [0.25, 0.3) is 11.8 Å². The summed E-state index contributed by atoms with van der Waals surface area (Å²) in [5.41, 5.74) is 2.32. The fourth-order valence-electron chi connectivity index (χ4n) is 3.03. The maximum absolute atomic E-state index is 12.9. The predicted molar refractivity (Wildman–Crippen MR) is 108 cm³/mol. The molecule has 0 bridgehead atoms. The monoisotopic (exact) mass is 402 g/mol. The highest BCUT2D eigenvalue weighted by Crippen LogP contribution is 2.39. The highest BCUT2D eigenvalue weighted by Gasteiger charge is 2.27. The molecule has 4 nitrogen and oxygen atoms in total. The number of hydrogen-bond acceptors (Lipinski definition) is 4. The number of aryl methyl sites for hydroxylation is 1. The highest BCUT2D eigenvalue weighted by atomic mass is 35.5. The molecule has 0 fully saturated rings. The van der Waals surface area contributed by atoms with E-state index in [4.69, 9.17) is 11.6 Å². The molecule has 0 unspecified atom stereocenters. The van der Waals surface area contributed by atoms with Crippen LogP contribution in [0.3, 0.4) is 0 Å². The van der Waals surface area contributed by atoms with Gasteiger partial charge in [-0.1, -0.05) is 17.7 Å². The summed E-state index contributed by atoms with van der Waals surface area (Å²) in [6, 6.07) is 10.6. The predicted octanol–water partition coefficient (Wildman–Crippen LogP) is 5.46. The van der Waals surface area contributed by atoms with Crippen molar-refractivity contribution in [3.05, 3.63) is 67.7 Å². The molecule has 2 N–H and O–H groups in total. The largest absolute Gasteiger partial charge is 0.322 e. The van der Waals surface area contributed by atoms with Crippen LogP contribution in [0.2, 0.25) is 5.02 Å². The second-order valence-electron chi connectivity index (χ2n) is 5.95. The lowest BCUT2D eigenvalue weighted by Gasteiger charge is -2.09. The minimum atomic E-state index is -0.201. The quantitative estimate of drug-likeness (QED) is 0.609. The lowest BCUT2D eigenvalue weighted by molar-refractivity contribution is 0.102. The van der Waals surface area contributed by atoms with E-state index in [2.05, 4.69) is 10.6 Å². The Balaban J connectivity index is 1.62. The zero-order chi connectivity index (χ0) is 18.1. The van der Waals surface area contributed by atoms with Crippen molar-refractivity contribution < 1.29 is 9.59 Å². The third-order valence-electron chi connectivity index (χ3n) is 4.22. The summed E-state index contributed by atoms with van der Waals surface area (Å²) in [7, 11) is 0. The van der Waals surface area contributed by atoms with Gasteiger partial charge < -0.3 is 10.6 Å². The number of thiophene rings is 2. The van der Waals surface area contributed by atoms with Gasteiger partial charge in [0.15, 0.2) is 0 Å². The molecular weight excluding hydrogens is 388 g/mol. The van der Waals surface area contributed by atoms with Gasteiger partial charge in [0.1, 0.15) is 5.00 Å². The van der Waals surface area contributed by atoms with Gasteiger partial charge in [-0.25, -0.2) is 0 Å². The number of hydrogen-bond donors (Lipinski definition) is 2. The van der Waals surface area contributed by atoms with Crippen molar-refractivity contribution in [1.82, 2.24) is 0 Å². The fourth-order valence-corrected chi connectivity index (χ4v) is 5.06. The number of benzene rings is 1. The van der Waals surface area contributed by atoms with Gasteiger partial charge in [0, 0.05) is 15.6 Å². The van der Waals surface area contributed by atoms with Crippen molar-refractivity contribution in [2.75, 3.05) is 10.6 Å². The number of nitrogens with one attached hydrogen (secondary N) is 2. The van der Waals surface area contributed by atoms with E-state index in [-0.39, 0.29) is 11.8 Å². The molecule has 1 aromatic carbocycles. The molecule has 2 amide bonds. The van der Waals surface area contributed by atoms with Gasteiger partial charge in [-0.2, -0.15) is 0 Å². The molecule has 0 aliphatic heterocycles. The standard InChI is InChI=1S/C19H15ClN2O2S2/c20-11-6-8-12(9-7-11)21-18(24)16-13-3-1-4-14(13)26-19(16)22-17(23)15-5-2-10-25-15/h2,5-10H,1,3-4H2,(H,21,24)(H,22,23). The zero-order valence-electron chi connectivity index (χ0n) is 13.7. The van der Waals surface area contributed by atoms with Gasteiger partial charge in [0.05, 0.1) is 10.4 Å². The van der Waals surface area contributed by atoms with E-state index < -0.39 is 0 Å². The topological polar surface area (TPSA) is 58.2 Å². The van der Waals surface area contributed by atoms with Crippen LogP contribution in [0.25, 0.3) is 0 Å². The summed E-state index contributed by atoms with van der Waals surface area (Å²) in [5.74, 6) is -0.381. The van der Waals surface area contributed by atoms with Crippen LogP contribution in [0.15, 0.2) is 41.8 Å². The molecule has 132 valence electrons. The van der Waals surface area contributed by atoms with Crippen molar-refractivity contribution in [2.45, 2.75) is 19.3 Å². The average Bonchev–Trinajstić information content (AvgIpc) is 3.33. The summed E-state index contributed by atoms with van der Waals surface area (Å²) in [6.07, 6.45) is 2.86. The number of amides is 2. The SMILES string of the molecule is O=C(Nc1sc2c(c1C(=O)Nc1ccc(Cl)cc1)CCC2)c1cccs1. The van der Waals surface area contributed by atoms with Gasteiger partial charge in [-0.05, 0) is 60.5 Å². The Morgan fingerprint density at radius 1 is 1.00 bits per heavy atom. The number of carbonyl (C=O) groups excluding carboxylic acids is 2. The number of halogens is 1. The van der Waals surface area contributed by atoms with Crippen molar-refractivity contribution in [2.24, 2.45) is 0 Å². The van der Waals surface area contributed by atoms with Crippen LogP contribution in [0.5, 0.6) is 0 Å². The smallest absolute Gasteiger partial charge is 0.266 e. The van der Waals surface area contributed by atoms with E-state index in [0.717, 1.165) is 24.8 Å². The van der Waals surface area contributed by atoms with Crippen LogP contribution in [0.1, 0.15) is 36.9 Å². The Bertz CT molecular complexity index is 962. The average molecular weight is 403 g/mol. The summed E-state index contributed by atoms with van der Waals surface area (Å²) < 4.78 is 0. The Morgan fingerprint density at radius 3 is 2.54 bits per heavy atom. The maximum atomic E-state index is 12.9. The second kappa shape index (κ2) is 7.23. The van der Waals surface area contributed by atoms with Gasteiger partial charge in [-0.15, -0.1) is 22.7 Å². The molecule has 2 aromatic heterocycles. The van der Waals surface area contributed by atoms with Crippen molar-refractivity contribution in [3.63, 3.8) is 0 Å². The van der Waals surface area contributed by atoms with Gasteiger partial charge in [-0.3, -0.25) is 9.59 Å². The van der Waals surface area contributed by atoms with Crippen LogP contribution < -0.4 is 10.6 Å². The van der Waals surface area contributed by atoms with E-state index in [0.29, 0.717) is 26.2 Å². The summed E-state index contributed by atoms with van der Waals surface area (Å²) in [4.78, 5) is 27.2. The molecule has 0 saturated heterocycles. The molecule has 26 heavy (non-hydrogen) atoms. The van der Waals surface area contributed by atoms with Crippen LogP contribution in [0.4, 0.5) is 10.7 Å². The van der Waals surface area contributed by atoms with E-state index in [9.17, 15) is 9.59 Å². The Kier molecular flexibility index (Phi) is 4.80. The van der Waals surface area contributed by atoms with Crippen LogP contribution >= 0.6 is 34.3 Å². The molecular formula is C19H15ClN2O2S2. The first-order valence-electron chi connectivity index (χ1n) is 8.18. The van der Waals surface area contributed by atoms with Crippen molar-refractivity contribution in [1.29, 1.82) is 0 Å². The molecule has 3 aromatic rings. The normalized spacial score (nSPS) is 12.7. The lowest BCUT2D eigenvalue weighted by Crippen LogP contribution is -2.17. The zero-order valence-corrected chi connectivity index (χ0v) is 16.1. The number of fused-ring (bicyclic) bond motifs is 1. The number of carbonyl (C=O) groups is 2. The molecule has 7 heteroatoms. The minimum Gasteiger partial charge on any atom is -0.322 e. The molecule has 4 rings (SSSR count). The van der Waals surface area contributed by atoms with E-state index in [1.165, 1.54) is 27.6 Å².